The van der Waals surface area contributed by atoms with Gasteiger partial charge in [0.25, 0.3) is 0 Å². The van der Waals surface area contributed by atoms with Crippen LogP contribution >= 0.6 is 27.5 Å². The SMILES string of the molecule is Cc1cccc(-c2ocnc2CCl)c1Br. The van der Waals surface area contributed by atoms with Gasteiger partial charge in [-0.2, -0.15) is 0 Å². The van der Waals surface area contributed by atoms with Gasteiger partial charge >= 0.3 is 0 Å². The second-order valence-corrected chi connectivity index (χ2v) is 4.26. The first-order chi connectivity index (χ1) is 7.24. The molecule has 0 aliphatic carbocycles. The molecule has 4 heteroatoms. The molecule has 0 saturated heterocycles. The Kier molecular flexibility index (Phi) is 3.12. The average molecular weight is 287 g/mol. The third kappa shape index (κ3) is 1.94. The van der Waals surface area contributed by atoms with Crippen LogP contribution in [0.1, 0.15) is 11.3 Å². The number of hydrogen-bond acceptors (Lipinski definition) is 2. The summed E-state index contributed by atoms with van der Waals surface area (Å²) in [6, 6.07) is 5.99. The molecule has 0 atom stereocenters. The molecule has 2 aromatic rings. The highest BCUT2D eigenvalue weighted by Crippen LogP contribution is 2.32. The van der Waals surface area contributed by atoms with Gasteiger partial charge in [0, 0.05) is 10.0 Å². The zero-order chi connectivity index (χ0) is 10.8. The number of alkyl halides is 1. The van der Waals surface area contributed by atoms with E-state index >= 15 is 0 Å². The standard InChI is InChI=1S/C11H9BrClNO/c1-7-3-2-4-8(10(7)12)11-9(5-13)14-6-15-11/h2-4,6H,5H2,1H3. The van der Waals surface area contributed by atoms with Crippen LogP contribution in [-0.2, 0) is 5.88 Å². The maximum absolute atomic E-state index is 5.78. The summed E-state index contributed by atoms with van der Waals surface area (Å²) in [5, 5.41) is 0. The number of aromatic nitrogens is 1. The molecule has 15 heavy (non-hydrogen) atoms. The van der Waals surface area contributed by atoms with E-state index in [1.807, 2.05) is 25.1 Å². The minimum atomic E-state index is 0.353. The smallest absolute Gasteiger partial charge is 0.181 e. The third-order valence-electron chi connectivity index (χ3n) is 2.20. The Labute approximate surface area is 101 Å². The second kappa shape index (κ2) is 4.37. The van der Waals surface area contributed by atoms with Crippen molar-refractivity contribution >= 4 is 27.5 Å². The lowest BCUT2D eigenvalue weighted by atomic mass is 10.1. The van der Waals surface area contributed by atoms with Crippen molar-refractivity contribution in [3.05, 3.63) is 40.3 Å². The highest BCUT2D eigenvalue weighted by Gasteiger charge is 2.13. The van der Waals surface area contributed by atoms with Gasteiger partial charge < -0.3 is 4.42 Å². The van der Waals surface area contributed by atoms with Crippen LogP contribution in [0.4, 0.5) is 0 Å². The summed E-state index contributed by atoms with van der Waals surface area (Å²) in [5.74, 6) is 1.09. The molecular formula is C11H9BrClNO. The number of benzene rings is 1. The van der Waals surface area contributed by atoms with Crippen molar-refractivity contribution in [2.75, 3.05) is 0 Å². The predicted octanol–water partition coefficient (Wildman–Crippen LogP) is 4.15. The Morgan fingerprint density at radius 3 is 3.00 bits per heavy atom. The molecule has 0 N–H and O–H groups in total. The van der Waals surface area contributed by atoms with Gasteiger partial charge in [-0.1, -0.05) is 18.2 Å². The number of aryl methyl sites for hydroxylation is 1. The summed E-state index contributed by atoms with van der Waals surface area (Å²) >= 11 is 9.31. The van der Waals surface area contributed by atoms with E-state index in [-0.39, 0.29) is 0 Å². The molecule has 0 spiro atoms. The third-order valence-corrected chi connectivity index (χ3v) is 3.51. The molecule has 0 fully saturated rings. The maximum Gasteiger partial charge on any atom is 0.181 e. The minimum Gasteiger partial charge on any atom is -0.443 e. The molecule has 0 amide bonds. The van der Waals surface area contributed by atoms with Crippen LogP contribution in [0.25, 0.3) is 11.3 Å². The van der Waals surface area contributed by atoms with Crippen LogP contribution in [-0.4, -0.2) is 4.98 Å². The van der Waals surface area contributed by atoms with Crippen LogP contribution in [0.15, 0.2) is 33.5 Å². The predicted molar refractivity (Wildman–Crippen MR) is 63.9 cm³/mol. The summed E-state index contributed by atoms with van der Waals surface area (Å²) in [6.45, 7) is 2.03. The van der Waals surface area contributed by atoms with Crippen molar-refractivity contribution in [2.45, 2.75) is 12.8 Å². The fourth-order valence-electron chi connectivity index (χ4n) is 1.41. The molecule has 0 aliphatic rings. The Balaban J connectivity index is 2.59. The van der Waals surface area contributed by atoms with E-state index in [9.17, 15) is 0 Å². The van der Waals surface area contributed by atoms with Gasteiger partial charge in [-0.05, 0) is 28.4 Å². The first kappa shape index (κ1) is 10.7. The Morgan fingerprint density at radius 1 is 1.47 bits per heavy atom. The minimum absolute atomic E-state index is 0.353. The Hall–Kier alpha value is -0.800. The van der Waals surface area contributed by atoms with E-state index in [1.165, 1.54) is 6.39 Å². The van der Waals surface area contributed by atoms with Gasteiger partial charge in [-0.25, -0.2) is 4.98 Å². The number of nitrogens with zero attached hydrogens (tertiary/aromatic N) is 1. The molecule has 1 aromatic heterocycles. The van der Waals surface area contributed by atoms with Crippen molar-refractivity contribution in [2.24, 2.45) is 0 Å². The van der Waals surface area contributed by atoms with E-state index in [0.717, 1.165) is 27.1 Å². The number of oxazole rings is 1. The van der Waals surface area contributed by atoms with Crippen molar-refractivity contribution < 1.29 is 4.42 Å². The van der Waals surface area contributed by atoms with E-state index in [1.54, 1.807) is 0 Å². The fraction of sp³-hybridized carbons (Fsp3) is 0.182. The van der Waals surface area contributed by atoms with Crippen LogP contribution < -0.4 is 0 Å². The highest BCUT2D eigenvalue weighted by atomic mass is 79.9. The zero-order valence-corrected chi connectivity index (χ0v) is 10.5. The van der Waals surface area contributed by atoms with Gasteiger partial charge in [0.15, 0.2) is 12.2 Å². The molecule has 2 nitrogen and oxygen atoms in total. The summed E-state index contributed by atoms with van der Waals surface area (Å²) in [5.41, 5.74) is 2.91. The lowest BCUT2D eigenvalue weighted by Gasteiger charge is -2.04. The quantitative estimate of drug-likeness (QED) is 0.775. The van der Waals surface area contributed by atoms with E-state index in [0.29, 0.717) is 5.88 Å². The molecule has 0 aliphatic heterocycles. The van der Waals surface area contributed by atoms with Crippen molar-refractivity contribution in [1.29, 1.82) is 0 Å². The molecule has 1 heterocycles. The second-order valence-electron chi connectivity index (χ2n) is 3.20. The van der Waals surface area contributed by atoms with Crippen molar-refractivity contribution in [3.63, 3.8) is 0 Å². The number of rotatable bonds is 2. The van der Waals surface area contributed by atoms with Gasteiger partial charge in [0.1, 0.15) is 5.69 Å². The topological polar surface area (TPSA) is 26.0 Å². The lowest BCUT2D eigenvalue weighted by Crippen LogP contribution is -1.86. The van der Waals surface area contributed by atoms with Crippen LogP contribution in [0, 0.1) is 6.92 Å². The summed E-state index contributed by atoms with van der Waals surface area (Å²) in [6.07, 6.45) is 1.42. The first-order valence-corrected chi connectivity index (χ1v) is 5.80. The molecule has 78 valence electrons. The van der Waals surface area contributed by atoms with Gasteiger partial charge in [0.05, 0.1) is 5.88 Å². The number of halogens is 2. The Bertz CT molecular complexity index is 481. The summed E-state index contributed by atoms with van der Waals surface area (Å²) in [4.78, 5) is 4.06. The van der Waals surface area contributed by atoms with E-state index < -0.39 is 0 Å². The monoisotopic (exact) mass is 285 g/mol. The van der Waals surface area contributed by atoms with Crippen molar-refractivity contribution in [1.82, 2.24) is 4.98 Å². The van der Waals surface area contributed by atoms with E-state index in [2.05, 4.69) is 20.9 Å². The Morgan fingerprint density at radius 2 is 2.27 bits per heavy atom. The summed E-state index contributed by atoms with van der Waals surface area (Å²) in [7, 11) is 0. The zero-order valence-electron chi connectivity index (χ0n) is 8.13. The maximum atomic E-state index is 5.78. The van der Waals surface area contributed by atoms with E-state index in [4.69, 9.17) is 16.0 Å². The molecular weight excluding hydrogens is 277 g/mol. The largest absolute Gasteiger partial charge is 0.443 e. The van der Waals surface area contributed by atoms with Crippen LogP contribution in [0.5, 0.6) is 0 Å². The normalized spacial score (nSPS) is 10.6. The first-order valence-electron chi connectivity index (χ1n) is 4.48. The molecule has 0 unspecified atom stereocenters. The van der Waals surface area contributed by atoms with Gasteiger partial charge in [0.2, 0.25) is 0 Å². The summed E-state index contributed by atoms with van der Waals surface area (Å²) < 4.78 is 6.37. The van der Waals surface area contributed by atoms with Crippen LogP contribution in [0.2, 0.25) is 0 Å². The lowest BCUT2D eigenvalue weighted by molar-refractivity contribution is 0.571. The molecule has 0 radical (unpaired) electrons. The van der Waals surface area contributed by atoms with Crippen LogP contribution in [0.3, 0.4) is 0 Å². The van der Waals surface area contributed by atoms with Gasteiger partial charge in [-0.3, -0.25) is 0 Å². The molecule has 0 bridgehead atoms. The fourth-order valence-corrected chi connectivity index (χ4v) is 2.04. The molecule has 0 saturated carbocycles. The molecule has 2 rings (SSSR count). The molecule has 1 aromatic carbocycles. The van der Waals surface area contributed by atoms with Crippen molar-refractivity contribution in [3.8, 4) is 11.3 Å². The average Bonchev–Trinajstić information content (AvgIpc) is 2.70. The van der Waals surface area contributed by atoms with Gasteiger partial charge in [-0.15, -0.1) is 11.6 Å². The number of hydrogen-bond donors (Lipinski definition) is 0. The highest BCUT2D eigenvalue weighted by molar-refractivity contribution is 9.10.